The molecule has 0 aliphatic rings. The maximum absolute atomic E-state index is 13.6. The minimum absolute atomic E-state index is 0.00991. The third kappa shape index (κ3) is 8.90. The Hall–Kier alpha value is -3.75. The van der Waals surface area contributed by atoms with Crippen molar-refractivity contribution in [2.45, 2.75) is 25.1 Å². The minimum Gasteiger partial charge on any atom is -0.406 e. The van der Waals surface area contributed by atoms with Crippen LogP contribution in [0.4, 0.5) is 57.0 Å². The lowest BCUT2D eigenvalue weighted by molar-refractivity contribution is -0.274. The van der Waals surface area contributed by atoms with Crippen molar-refractivity contribution >= 4 is 17.5 Å². The molecule has 1 aromatic heterocycles. The van der Waals surface area contributed by atoms with Crippen LogP contribution < -0.4 is 15.4 Å². The number of ether oxygens (including phenoxy) is 1. The maximum atomic E-state index is 13.6. The third-order valence-electron chi connectivity index (χ3n) is 5.07. The Morgan fingerprint density at radius 3 is 2.18 bits per heavy atom. The van der Waals surface area contributed by atoms with E-state index in [9.17, 15) is 39.5 Å². The molecule has 0 spiro atoms. The second-order valence-electron chi connectivity index (χ2n) is 8.50. The lowest BCUT2D eigenvalue weighted by Gasteiger charge is -2.18. The lowest BCUT2D eigenvalue weighted by atomic mass is 10.1. The number of alkyl halides is 9. The first kappa shape index (κ1) is 29.8. The van der Waals surface area contributed by atoms with E-state index in [-0.39, 0.29) is 29.1 Å². The Bertz CT molecular complexity index is 1270. The zero-order valence-corrected chi connectivity index (χ0v) is 20.4. The summed E-state index contributed by atoms with van der Waals surface area (Å²) >= 11 is 0. The van der Waals surface area contributed by atoms with Crippen molar-refractivity contribution in [3.05, 3.63) is 59.7 Å². The van der Waals surface area contributed by atoms with E-state index in [0.717, 1.165) is 18.2 Å². The van der Waals surface area contributed by atoms with Gasteiger partial charge in [0.15, 0.2) is 0 Å². The molecule has 0 amide bonds. The molecule has 0 atom stereocenters. The van der Waals surface area contributed by atoms with Gasteiger partial charge in [0.2, 0.25) is 5.95 Å². The fourth-order valence-electron chi connectivity index (χ4n) is 3.39. The van der Waals surface area contributed by atoms with Gasteiger partial charge in [-0.3, -0.25) is 0 Å². The molecular formula is C24H22F9N5O. The van der Waals surface area contributed by atoms with E-state index < -0.39 is 41.3 Å². The smallest absolute Gasteiger partial charge is 0.406 e. The van der Waals surface area contributed by atoms with Crippen LogP contribution in [0.2, 0.25) is 0 Å². The number of anilines is 3. The van der Waals surface area contributed by atoms with Crippen molar-refractivity contribution in [1.29, 1.82) is 0 Å². The van der Waals surface area contributed by atoms with Gasteiger partial charge in [-0.15, -0.1) is 13.2 Å². The summed E-state index contributed by atoms with van der Waals surface area (Å²) in [6.45, 7) is 1.02. The summed E-state index contributed by atoms with van der Waals surface area (Å²) in [5, 5.41) is 5.26. The highest BCUT2D eigenvalue weighted by Gasteiger charge is 2.38. The number of hydrogen-bond acceptors (Lipinski definition) is 6. The summed E-state index contributed by atoms with van der Waals surface area (Å²) < 4.78 is 122. The number of aromatic nitrogens is 2. The van der Waals surface area contributed by atoms with Crippen LogP contribution in [-0.4, -0.2) is 48.4 Å². The van der Waals surface area contributed by atoms with Crippen molar-refractivity contribution in [2.75, 3.05) is 37.8 Å². The summed E-state index contributed by atoms with van der Waals surface area (Å²) in [4.78, 5) is 10.2. The van der Waals surface area contributed by atoms with Crippen LogP contribution in [0, 0.1) is 0 Å². The van der Waals surface area contributed by atoms with Gasteiger partial charge in [-0.1, -0.05) is 12.1 Å². The SMILES string of the molecule is CN(C)CCCNc1nc(Nc2ccc(C(F)(F)F)cc2C(F)(F)F)cc(-c2cccc(OC(F)(F)F)c2)n1. The van der Waals surface area contributed by atoms with Gasteiger partial charge in [0.1, 0.15) is 11.6 Å². The van der Waals surface area contributed by atoms with Crippen LogP contribution in [0.3, 0.4) is 0 Å². The molecule has 0 unspecified atom stereocenters. The maximum Gasteiger partial charge on any atom is 0.573 e. The molecule has 1 heterocycles. The molecule has 3 aromatic rings. The standard InChI is InChI=1S/C24H22F9N5O/c1-38(2)10-4-9-34-21-36-19(14-5-3-6-16(11-14)39-24(31,32)33)13-20(37-21)35-18-8-7-15(22(25,26)27)12-17(18)23(28,29)30/h3,5-8,11-13H,4,9-10H2,1-2H3,(H2,34,35,36,37). The summed E-state index contributed by atoms with van der Waals surface area (Å²) in [7, 11) is 3.69. The average molecular weight is 567 g/mol. The van der Waals surface area contributed by atoms with Gasteiger partial charge in [0.25, 0.3) is 0 Å². The number of halogens is 9. The topological polar surface area (TPSA) is 62.3 Å². The number of benzene rings is 2. The Morgan fingerprint density at radius 2 is 1.56 bits per heavy atom. The summed E-state index contributed by atoms with van der Waals surface area (Å²) in [6, 6.07) is 6.95. The summed E-state index contributed by atoms with van der Waals surface area (Å²) in [5.74, 6) is -0.880. The number of nitrogens with one attached hydrogen (secondary N) is 2. The molecule has 212 valence electrons. The molecule has 3 rings (SSSR count). The fraction of sp³-hybridized carbons (Fsp3) is 0.333. The number of rotatable bonds is 9. The van der Waals surface area contributed by atoms with Crippen molar-refractivity contribution in [2.24, 2.45) is 0 Å². The van der Waals surface area contributed by atoms with Crippen LogP contribution >= 0.6 is 0 Å². The van der Waals surface area contributed by atoms with Crippen molar-refractivity contribution in [3.63, 3.8) is 0 Å². The van der Waals surface area contributed by atoms with E-state index in [1.54, 1.807) is 0 Å². The van der Waals surface area contributed by atoms with Gasteiger partial charge in [0.05, 0.1) is 22.5 Å². The minimum atomic E-state index is -5.14. The van der Waals surface area contributed by atoms with Crippen molar-refractivity contribution < 1.29 is 44.3 Å². The predicted molar refractivity (Wildman–Crippen MR) is 126 cm³/mol. The molecule has 0 fully saturated rings. The molecule has 39 heavy (non-hydrogen) atoms. The normalized spacial score (nSPS) is 12.5. The quantitative estimate of drug-likeness (QED) is 0.211. The van der Waals surface area contributed by atoms with Gasteiger partial charge >= 0.3 is 18.7 Å². The van der Waals surface area contributed by atoms with Crippen molar-refractivity contribution in [1.82, 2.24) is 14.9 Å². The average Bonchev–Trinajstić information content (AvgIpc) is 2.79. The van der Waals surface area contributed by atoms with E-state index in [4.69, 9.17) is 0 Å². The van der Waals surface area contributed by atoms with E-state index >= 15 is 0 Å². The molecule has 0 aliphatic carbocycles. The van der Waals surface area contributed by atoms with E-state index in [1.807, 2.05) is 19.0 Å². The summed E-state index contributed by atoms with van der Waals surface area (Å²) in [6.07, 6.45) is -14.5. The second kappa shape index (κ2) is 11.6. The van der Waals surface area contributed by atoms with Crippen LogP contribution in [0.5, 0.6) is 5.75 Å². The Kier molecular flexibility index (Phi) is 8.83. The van der Waals surface area contributed by atoms with Gasteiger partial charge in [0, 0.05) is 18.2 Å². The predicted octanol–water partition coefficient (Wildman–Crippen LogP) is 7.19. The third-order valence-corrected chi connectivity index (χ3v) is 5.07. The highest BCUT2D eigenvalue weighted by molar-refractivity contribution is 5.70. The zero-order valence-electron chi connectivity index (χ0n) is 20.4. The first-order chi connectivity index (χ1) is 18.0. The van der Waals surface area contributed by atoms with Gasteiger partial charge in [-0.05, 0) is 57.4 Å². The monoisotopic (exact) mass is 567 g/mol. The number of nitrogens with zero attached hydrogens (tertiary/aromatic N) is 3. The second-order valence-corrected chi connectivity index (χ2v) is 8.50. The highest BCUT2D eigenvalue weighted by Crippen LogP contribution is 2.40. The van der Waals surface area contributed by atoms with Gasteiger partial charge < -0.3 is 20.3 Å². The molecule has 0 bridgehead atoms. The van der Waals surface area contributed by atoms with E-state index in [2.05, 4.69) is 25.3 Å². The van der Waals surface area contributed by atoms with Crippen LogP contribution in [0.25, 0.3) is 11.3 Å². The Morgan fingerprint density at radius 1 is 0.846 bits per heavy atom. The van der Waals surface area contributed by atoms with Gasteiger partial charge in [-0.25, -0.2) is 4.98 Å². The highest BCUT2D eigenvalue weighted by atomic mass is 19.4. The molecule has 0 saturated carbocycles. The van der Waals surface area contributed by atoms with Crippen LogP contribution in [0.15, 0.2) is 48.5 Å². The molecule has 0 aliphatic heterocycles. The van der Waals surface area contributed by atoms with E-state index in [1.165, 1.54) is 12.1 Å². The van der Waals surface area contributed by atoms with Crippen LogP contribution in [0.1, 0.15) is 17.5 Å². The Labute approximate surface area is 216 Å². The van der Waals surface area contributed by atoms with Gasteiger partial charge in [-0.2, -0.15) is 31.3 Å². The molecule has 0 saturated heterocycles. The lowest BCUT2D eigenvalue weighted by Crippen LogP contribution is -2.17. The zero-order chi connectivity index (χ0) is 29.0. The fourth-order valence-corrected chi connectivity index (χ4v) is 3.39. The number of hydrogen-bond donors (Lipinski definition) is 2. The Balaban J connectivity index is 2.03. The van der Waals surface area contributed by atoms with E-state index in [0.29, 0.717) is 31.6 Å². The molecule has 2 aromatic carbocycles. The molecule has 15 heteroatoms. The van der Waals surface area contributed by atoms with Crippen molar-refractivity contribution in [3.8, 4) is 17.0 Å². The first-order valence-corrected chi connectivity index (χ1v) is 11.2. The largest absolute Gasteiger partial charge is 0.573 e. The molecule has 6 nitrogen and oxygen atoms in total. The molecular weight excluding hydrogens is 545 g/mol. The molecule has 0 radical (unpaired) electrons. The molecule has 2 N–H and O–H groups in total. The summed E-state index contributed by atoms with van der Waals surface area (Å²) in [5.41, 5.74) is -3.67. The first-order valence-electron chi connectivity index (χ1n) is 11.2. The van der Waals surface area contributed by atoms with Crippen LogP contribution in [-0.2, 0) is 12.4 Å².